The molecule has 1 aromatic carbocycles. The Labute approximate surface area is 174 Å². The third-order valence-corrected chi connectivity index (χ3v) is 3.79. The molecule has 160 valence electrons. The van der Waals surface area contributed by atoms with Crippen molar-refractivity contribution < 1.29 is 22.7 Å². The number of nitrogens with one attached hydrogen (secondary N) is 2. The summed E-state index contributed by atoms with van der Waals surface area (Å²) in [4.78, 5) is 15.9. The second-order valence-electron chi connectivity index (χ2n) is 6.10. The average Bonchev–Trinajstić information content (AvgIpc) is 2.97. The number of carbonyl (C=O) groups is 1. The summed E-state index contributed by atoms with van der Waals surface area (Å²) in [5, 5.41) is 5.80. The van der Waals surface area contributed by atoms with Crippen LogP contribution >= 0.6 is 24.8 Å². The monoisotopic (exact) mass is 444 g/mol. The highest BCUT2D eigenvalue weighted by molar-refractivity contribution is 5.97. The lowest BCUT2D eigenvalue weighted by molar-refractivity contribution is -0.147. The molecule has 2 N–H and O–H groups in total. The number of hydrogen-bond acceptors (Lipinski definition) is 4. The Morgan fingerprint density at radius 1 is 1.21 bits per heavy atom. The number of rotatable bonds is 8. The molecular formula is C17H25Cl2F3N4O2. The summed E-state index contributed by atoms with van der Waals surface area (Å²) < 4.78 is 45.7. The molecule has 0 saturated heterocycles. The minimum absolute atomic E-state index is 0. The molecule has 0 aliphatic carbocycles. The fourth-order valence-corrected chi connectivity index (χ4v) is 2.63. The number of imidazole rings is 1. The Morgan fingerprint density at radius 3 is 2.46 bits per heavy atom. The van der Waals surface area contributed by atoms with E-state index in [0.717, 1.165) is 4.57 Å². The Kier molecular flexibility index (Phi) is 10.8. The predicted octanol–water partition coefficient (Wildman–Crippen LogP) is 3.45. The molecule has 0 aliphatic heterocycles. The van der Waals surface area contributed by atoms with Gasteiger partial charge >= 0.3 is 6.18 Å². The summed E-state index contributed by atoms with van der Waals surface area (Å²) in [5.74, 6) is -1.31. The number of alkyl halides is 3. The summed E-state index contributed by atoms with van der Waals surface area (Å²) in [6.07, 6.45) is -4.56. The molecule has 2 aromatic rings. The number of amides is 1. The summed E-state index contributed by atoms with van der Waals surface area (Å²) >= 11 is 0. The van der Waals surface area contributed by atoms with E-state index < -0.39 is 18.0 Å². The number of hydrogen-bond donors (Lipinski definition) is 2. The minimum atomic E-state index is -4.56. The van der Waals surface area contributed by atoms with Crippen molar-refractivity contribution in [1.82, 2.24) is 20.2 Å². The molecule has 1 aromatic heterocycles. The molecule has 0 saturated carbocycles. The average molecular weight is 445 g/mol. The predicted molar refractivity (Wildman–Crippen MR) is 107 cm³/mol. The Hall–Kier alpha value is -1.55. The molecule has 0 fully saturated rings. The van der Waals surface area contributed by atoms with Crippen molar-refractivity contribution in [2.24, 2.45) is 0 Å². The van der Waals surface area contributed by atoms with Gasteiger partial charge in [0.25, 0.3) is 5.91 Å². The van der Waals surface area contributed by atoms with Gasteiger partial charge in [0.15, 0.2) is 0 Å². The Bertz CT molecular complexity index is 767. The van der Waals surface area contributed by atoms with E-state index in [9.17, 15) is 18.0 Å². The third kappa shape index (κ3) is 6.51. The summed E-state index contributed by atoms with van der Waals surface area (Å²) in [5.41, 5.74) is 0.776. The largest absolute Gasteiger partial charge is 0.449 e. The van der Waals surface area contributed by atoms with E-state index in [1.165, 1.54) is 18.2 Å². The molecule has 0 atom stereocenters. The maximum absolute atomic E-state index is 13.2. The zero-order valence-electron chi connectivity index (χ0n) is 15.8. The van der Waals surface area contributed by atoms with Crippen molar-refractivity contribution in [3.63, 3.8) is 0 Å². The smallest absolute Gasteiger partial charge is 0.383 e. The number of benzene rings is 1. The molecule has 2 rings (SSSR count). The zero-order chi connectivity index (χ0) is 19.3. The lowest BCUT2D eigenvalue weighted by atomic mass is 10.2. The lowest BCUT2D eigenvalue weighted by Gasteiger charge is -2.14. The first-order valence-electron chi connectivity index (χ1n) is 8.32. The number of ether oxygens (including phenoxy) is 1. The van der Waals surface area contributed by atoms with Crippen LogP contribution in [0.2, 0.25) is 0 Å². The van der Waals surface area contributed by atoms with Crippen molar-refractivity contribution in [3.8, 4) is 0 Å². The number of nitrogens with zero attached hydrogens (tertiary/aromatic N) is 2. The van der Waals surface area contributed by atoms with E-state index in [2.05, 4.69) is 15.6 Å². The Morgan fingerprint density at radius 2 is 1.89 bits per heavy atom. The van der Waals surface area contributed by atoms with Crippen molar-refractivity contribution in [2.75, 3.05) is 33.4 Å². The van der Waals surface area contributed by atoms with Gasteiger partial charge in [0, 0.05) is 38.3 Å². The molecule has 0 aliphatic rings. The van der Waals surface area contributed by atoms with Crippen LogP contribution < -0.4 is 10.6 Å². The van der Waals surface area contributed by atoms with Crippen LogP contribution in [0.5, 0.6) is 0 Å². The van der Waals surface area contributed by atoms with Crippen LogP contribution in [0.25, 0.3) is 11.0 Å². The van der Waals surface area contributed by atoms with Crippen molar-refractivity contribution in [3.05, 3.63) is 29.6 Å². The number of carbonyl (C=O) groups excluding carboxylic acids is 1. The number of halogens is 5. The van der Waals surface area contributed by atoms with Gasteiger partial charge in [-0.3, -0.25) is 4.79 Å². The van der Waals surface area contributed by atoms with E-state index in [4.69, 9.17) is 4.74 Å². The van der Waals surface area contributed by atoms with Gasteiger partial charge < -0.3 is 19.9 Å². The van der Waals surface area contributed by atoms with Gasteiger partial charge in [0.05, 0.1) is 17.6 Å². The lowest BCUT2D eigenvalue weighted by Crippen LogP contribution is -2.33. The first kappa shape index (κ1) is 26.4. The molecule has 28 heavy (non-hydrogen) atoms. The van der Waals surface area contributed by atoms with Crippen LogP contribution in [0.3, 0.4) is 0 Å². The van der Waals surface area contributed by atoms with Gasteiger partial charge in [-0.15, -0.1) is 24.8 Å². The van der Waals surface area contributed by atoms with E-state index in [1.807, 2.05) is 0 Å². The minimum Gasteiger partial charge on any atom is -0.383 e. The standard InChI is InChI=1S/C17H23F3N4O2.2ClH/c1-11(2)24-14-5-4-12(10-13(14)23-16(24)17(18,19)20)15(25)22-7-6-21-8-9-26-3;;/h4-5,10-11,21H,6-9H2,1-3H3,(H,22,25);2*1H. The molecular weight excluding hydrogens is 420 g/mol. The fourth-order valence-electron chi connectivity index (χ4n) is 2.63. The molecule has 1 amide bonds. The highest BCUT2D eigenvalue weighted by atomic mass is 35.5. The highest BCUT2D eigenvalue weighted by Gasteiger charge is 2.38. The highest BCUT2D eigenvalue weighted by Crippen LogP contribution is 2.33. The van der Waals surface area contributed by atoms with E-state index in [0.29, 0.717) is 31.8 Å². The van der Waals surface area contributed by atoms with Gasteiger partial charge in [-0.25, -0.2) is 4.98 Å². The third-order valence-electron chi connectivity index (χ3n) is 3.79. The molecule has 6 nitrogen and oxygen atoms in total. The fraction of sp³-hybridized carbons (Fsp3) is 0.529. The van der Waals surface area contributed by atoms with E-state index in [-0.39, 0.29) is 41.8 Å². The van der Waals surface area contributed by atoms with E-state index >= 15 is 0 Å². The SMILES string of the molecule is COCCNCCNC(=O)c1ccc2c(c1)nc(C(F)(F)F)n2C(C)C.Cl.Cl. The molecule has 0 bridgehead atoms. The molecule has 1 heterocycles. The number of aromatic nitrogens is 2. The number of fused-ring (bicyclic) bond motifs is 1. The van der Waals surface area contributed by atoms with Gasteiger partial charge in [0.2, 0.25) is 5.82 Å². The van der Waals surface area contributed by atoms with Crippen LogP contribution in [0, 0.1) is 0 Å². The van der Waals surface area contributed by atoms with Gasteiger partial charge in [-0.05, 0) is 32.0 Å². The van der Waals surface area contributed by atoms with Crippen molar-refractivity contribution in [2.45, 2.75) is 26.1 Å². The molecule has 0 unspecified atom stereocenters. The van der Waals surface area contributed by atoms with Gasteiger partial charge in [-0.1, -0.05) is 0 Å². The first-order valence-corrected chi connectivity index (χ1v) is 8.32. The quantitative estimate of drug-likeness (QED) is 0.611. The Balaban J connectivity index is 0.00000364. The number of methoxy groups -OCH3 is 1. The van der Waals surface area contributed by atoms with Crippen LogP contribution in [-0.4, -0.2) is 48.8 Å². The van der Waals surface area contributed by atoms with Gasteiger partial charge in [0.1, 0.15) is 0 Å². The van der Waals surface area contributed by atoms with Crippen molar-refractivity contribution >= 4 is 41.8 Å². The summed E-state index contributed by atoms with van der Waals surface area (Å²) in [7, 11) is 1.60. The summed E-state index contributed by atoms with van der Waals surface area (Å²) in [6.45, 7) is 5.53. The molecule has 0 radical (unpaired) electrons. The van der Waals surface area contributed by atoms with Crippen molar-refractivity contribution in [1.29, 1.82) is 0 Å². The second-order valence-corrected chi connectivity index (χ2v) is 6.10. The molecule has 0 spiro atoms. The van der Waals surface area contributed by atoms with Gasteiger partial charge in [-0.2, -0.15) is 13.2 Å². The maximum atomic E-state index is 13.2. The van der Waals surface area contributed by atoms with E-state index in [1.54, 1.807) is 21.0 Å². The maximum Gasteiger partial charge on any atom is 0.449 e. The normalized spacial score (nSPS) is 11.2. The van der Waals surface area contributed by atoms with Crippen LogP contribution in [0.15, 0.2) is 18.2 Å². The second kappa shape index (κ2) is 11.5. The van der Waals surface area contributed by atoms with Crippen LogP contribution in [-0.2, 0) is 10.9 Å². The topological polar surface area (TPSA) is 68.2 Å². The first-order chi connectivity index (χ1) is 12.3. The molecule has 11 heteroatoms. The van der Waals surface area contributed by atoms with Crippen LogP contribution in [0.4, 0.5) is 13.2 Å². The van der Waals surface area contributed by atoms with Crippen LogP contribution in [0.1, 0.15) is 36.1 Å². The summed E-state index contributed by atoms with van der Waals surface area (Å²) in [6, 6.07) is 3.99. The zero-order valence-corrected chi connectivity index (χ0v) is 17.4.